The van der Waals surface area contributed by atoms with E-state index in [4.69, 9.17) is 0 Å². The summed E-state index contributed by atoms with van der Waals surface area (Å²) in [5.74, 6) is -0.501. The molecule has 9 heteroatoms. The van der Waals surface area contributed by atoms with E-state index in [-0.39, 0.29) is 24.6 Å². The smallest absolute Gasteiger partial charge is 0.416 e. The minimum absolute atomic E-state index is 0.0996. The van der Waals surface area contributed by atoms with Gasteiger partial charge in [0.15, 0.2) is 0 Å². The average molecular weight is 698 g/mol. The van der Waals surface area contributed by atoms with Crippen LogP contribution in [0.15, 0.2) is 109 Å². The number of rotatable bonds is 14. The fraction of sp³-hybridized carbons (Fsp3) is 0.333. The van der Waals surface area contributed by atoms with Crippen molar-refractivity contribution in [2.24, 2.45) is 0 Å². The van der Waals surface area contributed by atoms with Crippen LogP contribution in [0.3, 0.4) is 0 Å². The molecule has 0 aliphatic carbocycles. The molecule has 6 nitrogen and oxygen atoms in total. The van der Waals surface area contributed by atoms with Crippen LogP contribution in [0.25, 0.3) is 6.08 Å². The van der Waals surface area contributed by atoms with Crippen molar-refractivity contribution in [1.29, 1.82) is 0 Å². The maximum atomic E-state index is 14.5. The molecule has 0 radical (unpaired) electrons. The molecule has 5 rings (SSSR count). The number of benzene rings is 4. The zero-order valence-corrected chi connectivity index (χ0v) is 29.1. The normalized spacial score (nSPS) is 14.5. The average Bonchev–Trinajstić information content (AvgIpc) is 3.14. The van der Waals surface area contributed by atoms with Crippen LogP contribution in [0.2, 0.25) is 0 Å². The van der Waals surface area contributed by atoms with E-state index in [9.17, 15) is 27.9 Å². The molecule has 4 aromatic carbocycles. The van der Waals surface area contributed by atoms with Gasteiger partial charge in [0.2, 0.25) is 11.8 Å². The van der Waals surface area contributed by atoms with Gasteiger partial charge in [-0.3, -0.25) is 14.5 Å². The van der Waals surface area contributed by atoms with Crippen LogP contribution < -0.4 is 0 Å². The van der Waals surface area contributed by atoms with Crippen LogP contribution in [0.5, 0.6) is 5.75 Å². The summed E-state index contributed by atoms with van der Waals surface area (Å²) < 4.78 is 39.5. The number of phenols is 1. The second-order valence-electron chi connectivity index (χ2n) is 13.2. The molecule has 0 spiro atoms. The second-order valence-corrected chi connectivity index (χ2v) is 13.2. The molecular formula is C42H46F3N3O3. The molecule has 0 saturated carbocycles. The predicted molar refractivity (Wildman–Crippen MR) is 195 cm³/mol. The Labute approximate surface area is 298 Å². The maximum absolute atomic E-state index is 14.5. The van der Waals surface area contributed by atoms with E-state index >= 15 is 0 Å². The van der Waals surface area contributed by atoms with Crippen molar-refractivity contribution < 1.29 is 27.9 Å². The summed E-state index contributed by atoms with van der Waals surface area (Å²) in [6.07, 6.45) is 2.91. The maximum Gasteiger partial charge on any atom is 0.416 e. The van der Waals surface area contributed by atoms with Gasteiger partial charge in [-0.15, -0.1) is 0 Å². The lowest BCUT2D eigenvalue weighted by Gasteiger charge is -2.39. The molecule has 0 bridgehead atoms. The molecule has 1 aliphatic rings. The Morgan fingerprint density at radius 2 is 1.41 bits per heavy atom. The summed E-state index contributed by atoms with van der Waals surface area (Å²) >= 11 is 0. The van der Waals surface area contributed by atoms with Crippen LogP contribution in [0.1, 0.15) is 59.6 Å². The SMILES string of the molecule is CCCCCc1ccc(CN(C(=O)C=Cc2ccc(C(F)(F)F)cc2)[C@@H](Cc2ccc(O)cc2)C(=O)N2CCN(Cc3ccccc3)CC2)cc1. The van der Waals surface area contributed by atoms with Gasteiger partial charge in [-0.1, -0.05) is 98.6 Å². The third-order valence-corrected chi connectivity index (χ3v) is 9.34. The van der Waals surface area contributed by atoms with E-state index in [1.165, 1.54) is 35.4 Å². The standard InChI is InChI=1S/C42H46F3N3O3/c1-2-3-5-8-32-11-13-36(14-12-32)31-48(40(50)24-19-33-15-20-37(21-16-33)42(43,44)45)39(29-34-17-22-38(49)23-18-34)41(51)47-27-25-46(26-28-47)30-35-9-6-4-7-10-35/h4,6-7,9-24,39,49H,2-3,5,8,25-31H2,1H3/t39-/m0/s1. The van der Waals surface area contributed by atoms with Gasteiger partial charge in [0, 0.05) is 51.8 Å². The molecule has 1 heterocycles. The molecule has 0 unspecified atom stereocenters. The zero-order valence-electron chi connectivity index (χ0n) is 29.1. The van der Waals surface area contributed by atoms with Crippen LogP contribution >= 0.6 is 0 Å². The molecule has 51 heavy (non-hydrogen) atoms. The van der Waals surface area contributed by atoms with Crippen molar-refractivity contribution in [2.75, 3.05) is 26.2 Å². The molecular weight excluding hydrogens is 651 g/mol. The van der Waals surface area contributed by atoms with Gasteiger partial charge in [0.25, 0.3) is 0 Å². The Hall–Kier alpha value is -4.89. The van der Waals surface area contributed by atoms with Crippen molar-refractivity contribution in [3.8, 4) is 5.75 Å². The second kappa shape index (κ2) is 17.9. The molecule has 2 amide bonds. The van der Waals surface area contributed by atoms with Crippen molar-refractivity contribution >= 4 is 17.9 Å². The van der Waals surface area contributed by atoms with E-state index in [0.29, 0.717) is 31.7 Å². The Kier molecular flexibility index (Phi) is 13.1. The highest BCUT2D eigenvalue weighted by atomic mass is 19.4. The topological polar surface area (TPSA) is 64.1 Å². The molecule has 1 fully saturated rings. The summed E-state index contributed by atoms with van der Waals surface area (Å²) in [6.45, 7) is 5.51. The Bertz CT molecular complexity index is 1720. The number of phenolic OH excluding ortho intramolecular Hbond substituents is 1. The first-order valence-electron chi connectivity index (χ1n) is 17.7. The lowest BCUT2D eigenvalue weighted by atomic mass is 10.0. The van der Waals surface area contributed by atoms with E-state index < -0.39 is 23.7 Å². The number of aryl methyl sites for hydroxylation is 1. The number of halogens is 3. The number of aromatic hydroxyl groups is 1. The number of amides is 2. The quantitative estimate of drug-likeness (QED) is 0.107. The third-order valence-electron chi connectivity index (χ3n) is 9.34. The largest absolute Gasteiger partial charge is 0.508 e. The van der Waals surface area contributed by atoms with Crippen molar-refractivity contribution in [2.45, 2.75) is 64.3 Å². The first kappa shape index (κ1) is 37.4. The van der Waals surface area contributed by atoms with E-state index in [1.807, 2.05) is 35.2 Å². The van der Waals surface area contributed by atoms with Gasteiger partial charge in [0.1, 0.15) is 11.8 Å². The number of piperazine rings is 1. The van der Waals surface area contributed by atoms with E-state index in [2.05, 4.69) is 36.1 Å². The van der Waals surface area contributed by atoms with Crippen LogP contribution in [0, 0.1) is 0 Å². The summed E-state index contributed by atoms with van der Waals surface area (Å²) in [4.78, 5) is 34.4. The fourth-order valence-electron chi connectivity index (χ4n) is 6.34. The number of hydrogen-bond donors (Lipinski definition) is 1. The highest BCUT2D eigenvalue weighted by Crippen LogP contribution is 2.29. The Morgan fingerprint density at radius 1 is 0.784 bits per heavy atom. The summed E-state index contributed by atoms with van der Waals surface area (Å²) in [5, 5.41) is 9.94. The van der Waals surface area contributed by atoms with Gasteiger partial charge in [0.05, 0.1) is 5.56 Å². The van der Waals surface area contributed by atoms with Gasteiger partial charge in [-0.25, -0.2) is 0 Å². The molecule has 268 valence electrons. The predicted octanol–water partition coefficient (Wildman–Crippen LogP) is 8.14. The number of nitrogens with zero attached hydrogens (tertiary/aromatic N) is 3. The fourth-order valence-corrected chi connectivity index (χ4v) is 6.34. The Balaban J connectivity index is 1.41. The lowest BCUT2D eigenvalue weighted by molar-refractivity contribution is -0.145. The van der Waals surface area contributed by atoms with E-state index in [0.717, 1.165) is 55.5 Å². The van der Waals surface area contributed by atoms with Crippen LogP contribution in [0.4, 0.5) is 13.2 Å². The van der Waals surface area contributed by atoms with Gasteiger partial charge in [-0.05, 0) is 71.0 Å². The number of unbranched alkanes of at least 4 members (excludes halogenated alkanes) is 2. The minimum Gasteiger partial charge on any atom is -0.508 e. The third kappa shape index (κ3) is 11.0. The number of carbonyl (C=O) groups excluding carboxylic acids is 2. The highest BCUT2D eigenvalue weighted by molar-refractivity contribution is 5.95. The highest BCUT2D eigenvalue weighted by Gasteiger charge is 2.34. The molecule has 1 N–H and O–H groups in total. The lowest BCUT2D eigenvalue weighted by Crippen LogP contribution is -2.56. The summed E-state index contributed by atoms with van der Waals surface area (Å²) in [5.41, 5.74) is 3.72. The number of carbonyl (C=O) groups is 2. The first-order valence-corrected chi connectivity index (χ1v) is 17.7. The number of hydrogen-bond acceptors (Lipinski definition) is 4. The van der Waals surface area contributed by atoms with Gasteiger partial charge >= 0.3 is 6.18 Å². The number of alkyl halides is 3. The van der Waals surface area contributed by atoms with Crippen molar-refractivity contribution in [3.63, 3.8) is 0 Å². The minimum atomic E-state index is -4.46. The van der Waals surface area contributed by atoms with Gasteiger partial charge in [-0.2, -0.15) is 13.2 Å². The molecule has 1 atom stereocenters. The molecule has 4 aromatic rings. The Morgan fingerprint density at radius 3 is 2.04 bits per heavy atom. The summed E-state index contributed by atoms with van der Waals surface area (Å²) in [6, 6.07) is 28.7. The zero-order chi connectivity index (χ0) is 36.2. The van der Waals surface area contributed by atoms with Crippen molar-refractivity contribution in [1.82, 2.24) is 14.7 Å². The van der Waals surface area contributed by atoms with Crippen LogP contribution in [-0.4, -0.2) is 63.8 Å². The summed E-state index contributed by atoms with van der Waals surface area (Å²) in [7, 11) is 0. The van der Waals surface area contributed by atoms with Gasteiger partial charge < -0.3 is 14.9 Å². The first-order chi connectivity index (χ1) is 24.6. The molecule has 1 aliphatic heterocycles. The molecule has 0 aromatic heterocycles. The molecule has 1 saturated heterocycles. The van der Waals surface area contributed by atoms with E-state index in [1.54, 1.807) is 29.2 Å². The monoisotopic (exact) mass is 697 g/mol. The van der Waals surface area contributed by atoms with Crippen molar-refractivity contribution in [3.05, 3.63) is 143 Å². The van der Waals surface area contributed by atoms with Crippen LogP contribution in [-0.2, 0) is 41.7 Å².